The Balaban J connectivity index is 0.000000479. The number of aliphatic hydroxyl groups is 4. The zero-order chi connectivity index (χ0) is 70.3. The number of esters is 2. The SMILES string of the molecule is C=CC(C1=CC(=O)C(OC)=CC1=O)c1ccc(OC)cc1.CCC(=O)OC1C(OC2C(C)C(OC3CC(C)(OC)C(O)C(C)O3)C(C)C(=O)OC(CC)C(C)(O)C(O)C(C)C(=O)C(C)CC2(C)O)OC(C)CC1N(C)C.CCCCCCCCCCCCOS(=O)(=O)O. The van der Waals surface area contributed by atoms with Crippen LogP contribution in [0.4, 0.5) is 0 Å². The molecule has 4 aliphatic rings. The first-order chi connectivity index (χ1) is 43.5. The van der Waals surface area contributed by atoms with Gasteiger partial charge in [-0.25, -0.2) is 4.18 Å². The Hall–Kier alpha value is -4.54. The molecule has 0 aromatic heterocycles. The molecule has 0 bridgehead atoms. The van der Waals surface area contributed by atoms with Crippen LogP contribution in [0.3, 0.4) is 0 Å². The molecule has 24 heteroatoms. The number of ketones is 3. The van der Waals surface area contributed by atoms with Crippen molar-refractivity contribution in [2.75, 3.05) is 42.0 Å². The van der Waals surface area contributed by atoms with E-state index in [4.69, 9.17) is 47.2 Å². The lowest BCUT2D eigenvalue weighted by Crippen LogP contribution is -2.61. The second-order valence-corrected chi connectivity index (χ2v) is 27.3. The number of hydrogen-bond donors (Lipinski definition) is 5. The number of rotatable bonds is 26. The molecular weight excluding hydrogens is 1230 g/mol. The molecule has 0 saturated carbocycles. The molecule has 0 amide bonds. The van der Waals surface area contributed by atoms with E-state index in [0.717, 1.165) is 24.2 Å². The molecule has 19 atom stereocenters. The highest BCUT2D eigenvalue weighted by Crippen LogP contribution is 2.42. The van der Waals surface area contributed by atoms with E-state index in [-0.39, 0.29) is 67.7 Å². The number of likely N-dealkylation sites (N-methyl/N-ethyl adjacent to an activating group) is 1. The van der Waals surface area contributed by atoms with Crippen molar-refractivity contribution in [3.05, 3.63) is 66.0 Å². The fourth-order valence-electron chi connectivity index (χ4n) is 12.7. The summed E-state index contributed by atoms with van der Waals surface area (Å²) < 4.78 is 86.6. The lowest BCUT2D eigenvalue weighted by molar-refractivity contribution is -0.319. The van der Waals surface area contributed by atoms with E-state index in [1.165, 1.54) is 92.1 Å². The molecule has 0 radical (unpaired) electrons. The summed E-state index contributed by atoms with van der Waals surface area (Å²) >= 11 is 0. The number of cyclic esters (lactones) is 1. The van der Waals surface area contributed by atoms with Gasteiger partial charge in [0.15, 0.2) is 30.2 Å². The molecule has 3 fully saturated rings. The van der Waals surface area contributed by atoms with Gasteiger partial charge < -0.3 is 68.0 Å². The summed E-state index contributed by atoms with van der Waals surface area (Å²) in [7, 11) is 3.92. The number of Topliss-reactive ketones (excluding diaryl/α,β-unsaturated/α-hetero) is 1. The Morgan fingerprint density at radius 1 is 0.774 bits per heavy atom. The number of hydrogen-bond acceptors (Lipinski definition) is 22. The first kappa shape index (κ1) is 82.7. The van der Waals surface area contributed by atoms with Crippen molar-refractivity contribution in [2.24, 2.45) is 23.7 Å². The van der Waals surface area contributed by atoms with Gasteiger partial charge in [0.05, 0.1) is 74.5 Å². The number of nitrogens with zero attached hydrogens (tertiary/aromatic N) is 1. The molecule has 93 heavy (non-hydrogen) atoms. The van der Waals surface area contributed by atoms with Gasteiger partial charge in [-0.15, -0.1) is 6.58 Å². The van der Waals surface area contributed by atoms with Crippen LogP contribution in [0.25, 0.3) is 0 Å². The Bertz CT molecular complexity index is 2700. The summed E-state index contributed by atoms with van der Waals surface area (Å²) in [6.07, 6.45) is 6.35. The van der Waals surface area contributed by atoms with E-state index >= 15 is 0 Å². The molecule has 3 saturated heterocycles. The zero-order valence-corrected chi connectivity index (χ0v) is 59.1. The second-order valence-electron chi connectivity index (χ2n) is 26.2. The summed E-state index contributed by atoms with van der Waals surface area (Å²) in [6.45, 7) is 24.1. The summed E-state index contributed by atoms with van der Waals surface area (Å²) in [6, 6.07) is 6.98. The number of carbonyl (C=O) groups excluding carboxylic acids is 5. The van der Waals surface area contributed by atoms with E-state index < -0.39 is 124 Å². The molecule has 1 aromatic rings. The lowest BCUT2D eigenvalue weighted by atomic mass is 9.74. The summed E-state index contributed by atoms with van der Waals surface area (Å²) in [5, 5.41) is 46.6. The molecule has 19 unspecified atom stereocenters. The van der Waals surface area contributed by atoms with Gasteiger partial charge >= 0.3 is 22.3 Å². The van der Waals surface area contributed by atoms with Gasteiger partial charge in [-0.3, -0.25) is 28.5 Å². The van der Waals surface area contributed by atoms with E-state index in [0.29, 0.717) is 18.4 Å². The van der Waals surface area contributed by atoms with Crippen LogP contribution in [0.15, 0.2) is 60.4 Å². The van der Waals surface area contributed by atoms with Crippen LogP contribution in [0.2, 0.25) is 0 Å². The van der Waals surface area contributed by atoms with Crippen molar-refractivity contribution in [1.29, 1.82) is 0 Å². The lowest BCUT2D eigenvalue weighted by Gasteiger charge is -2.49. The minimum Gasteiger partial charge on any atom is -0.497 e. The van der Waals surface area contributed by atoms with Crippen LogP contribution in [0.5, 0.6) is 5.75 Å². The third-order valence-corrected chi connectivity index (χ3v) is 18.9. The van der Waals surface area contributed by atoms with E-state index in [1.54, 1.807) is 73.8 Å². The number of methoxy groups -OCH3 is 3. The molecule has 5 rings (SSSR count). The number of carbonyl (C=O) groups is 5. The molecule has 5 N–H and O–H groups in total. The van der Waals surface area contributed by atoms with Gasteiger partial charge in [0.1, 0.15) is 29.3 Å². The largest absolute Gasteiger partial charge is 0.497 e. The van der Waals surface area contributed by atoms with Crippen molar-refractivity contribution >= 4 is 39.7 Å². The van der Waals surface area contributed by atoms with Crippen LogP contribution >= 0.6 is 0 Å². The fraction of sp³-hybridized carbons (Fsp3) is 0.754. The average molecular weight is 1340 g/mol. The normalized spacial score (nSPS) is 33.5. The Kier molecular flexibility index (Phi) is 34.2. The molecule has 23 nitrogen and oxygen atoms in total. The molecule has 3 aliphatic heterocycles. The first-order valence-corrected chi connectivity index (χ1v) is 34.4. The smallest absolute Gasteiger partial charge is 0.397 e. The quantitative estimate of drug-likeness (QED) is 0.0190. The van der Waals surface area contributed by atoms with Crippen molar-refractivity contribution in [3.63, 3.8) is 0 Å². The van der Waals surface area contributed by atoms with Crippen LogP contribution in [0, 0.1) is 23.7 Å². The van der Waals surface area contributed by atoms with E-state index in [9.17, 15) is 52.8 Å². The summed E-state index contributed by atoms with van der Waals surface area (Å²) in [4.78, 5) is 66.9. The Morgan fingerprint density at radius 2 is 1.37 bits per heavy atom. The van der Waals surface area contributed by atoms with Gasteiger partial charge in [-0.05, 0) is 105 Å². The highest BCUT2D eigenvalue weighted by atomic mass is 32.3. The fourth-order valence-corrected chi connectivity index (χ4v) is 13.1. The third-order valence-electron chi connectivity index (χ3n) is 18.4. The number of ether oxygens (including phenoxy) is 9. The second kappa shape index (κ2) is 38.4. The summed E-state index contributed by atoms with van der Waals surface area (Å²) in [5.74, 6) is -5.71. The maximum absolute atomic E-state index is 14.2. The number of aliphatic hydroxyl groups excluding tert-OH is 2. The molecule has 1 aromatic carbocycles. The standard InChI is InChI=1S/C40H71NO14.C17H16O4.C12H26O4S/c1-15-27-40(11,48)33(44)22(5)30(43)20(3)18-38(9,47)35(55-37-32(53-28(42)16-2)26(41(12)13)17-21(4)50-37)23(6)31(24(7)36(46)52-27)54-29-19-39(10,49-14)34(45)25(8)51-29;1-4-13(11-5-7-12(20-2)8-6-11)14-9-16(19)17(21-3)10-15(14)18;1-2-3-4-5-6-7-8-9-10-11-12-16-17(13,14)15/h20-27,29,31-35,37,44-45,47-48H,15-19H2,1-14H3;4-10,13H,1H2,2-3H3;2-12H2,1H3,(H,13,14,15). The maximum atomic E-state index is 14.2. The van der Waals surface area contributed by atoms with Crippen LogP contribution in [-0.2, 0) is 76.4 Å². The third kappa shape index (κ3) is 24.2. The number of allylic oxidation sites excluding steroid dienone is 4. The van der Waals surface area contributed by atoms with Gasteiger partial charge in [-0.1, -0.05) is 118 Å². The minimum absolute atomic E-state index is 0.0568. The van der Waals surface area contributed by atoms with Crippen molar-refractivity contribution in [1.82, 2.24) is 4.90 Å². The van der Waals surface area contributed by atoms with Crippen molar-refractivity contribution in [2.45, 2.75) is 270 Å². The predicted octanol–water partition coefficient (Wildman–Crippen LogP) is 9.05. The first-order valence-electron chi connectivity index (χ1n) is 33.0. The topological polar surface area (TPSA) is 316 Å². The molecule has 1 aliphatic carbocycles. The Labute approximate surface area is 553 Å². The molecule has 0 spiro atoms. The van der Waals surface area contributed by atoms with E-state index in [2.05, 4.69) is 17.7 Å². The van der Waals surface area contributed by atoms with Gasteiger partial charge in [0.2, 0.25) is 5.78 Å². The van der Waals surface area contributed by atoms with Crippen molar-refractivity contribution in [3.8, 4) is 5.75 Å². The summed E-state index contributed by atoms with van der Waals surface area (Å²) in [5.41, 5.74) is -3.66. The van der Waals surface area contributed by atoms with Gasteiger partial charge in [0, 0.05) is 55.3 Å². The molecule has 532 valence electrons. The van der Waals surface area contributed by atoms with Crippen LogP contribution in [0.1, 0.15) is 191 Å². The van der Waals surface area contributed by atoms with Crippen LogP contribution in [-0.4, -0.2) is 194 Å². The van der Waals surface area contributed by atoms with Crippen LogP contribution < -0.4 is 4.74 Å². The monoisotopic (exact) mass is 1340 g/mol. The van der Waals surface area contributed by atoms with E-state index in [1.807, 2.05) is 38.1 Å². The molecule has 3 heterocycles. The number of benzene rings is 1. The number of unbranched alkanes of at least 4 members (excludes halogenated alkanes) is 9. The highest BCUT2D eigenvalue weighted by molar-refractivity contribution is 7.80. The highest BCUT2D eigenvalue weighted by Gasteiger charge is 2.54. The average Bonchev–Trinajstić information content (AvgIpc) is 0.793. The Morgan fingerprint density at radius 3 is 1.88 bits per heavy atom. The maximum Gasteiger partial charge on any atom is 0.397 e. The minimum atomic E-state index is -4.23. The predicted molar refractivity (Wildman–Crippen MR) is 349 cm³/mol. The zero-order valence-electron chi connectivity index (χ0n) is 58.3. The van der Waals surface area contributed by atoms with Gasteiger partial charge in [-0.2, -0.15) is 8.42 Å². The van der Waals surface area contributed by atoms with Gasteiger partial charge in [0.25, 0.3) is 0 Å². The molecular formula is C69H113NO22S. The van der Waals surface area contributed by atoms with Crippen molar-refractivity contribution < 1.29 is 104 Å².